The number of carbonyl (C=O) groups excluding carboxylic acids is 1. The van der Waals surface area contributed by atoms with Crippen LogP contribution in [0.4, 0.5) is 0 Å². The maximum absolute atomic E-state index is 11.1. The number of pyridine rings is 1. The molecule has 4 heteroatoms. The van der Waals surface area contributed by atoms with Gasteiger partial charge in [0.05, 0.1) is 5.56 Å². The molecule has 0 atom stereocenters. The molecule has 0 fully saturated rings. The molecule has 1 aromatic heterocycles. The van der Waals surface area contributed by atoms with Crippen molar-refractivity contribution in [2.75, 3.05) is 0 Å². The van der Waals surface area contributed by atoms with E-state index in [2.05, 4.69) is 20.9 Å². The van der Waals surface area contributed by atoms with Crippen LogP contribution in [-0.4, -0.2) is 11.3 Å². The van der Waals surface area contributed by atoms with Gasteiger partial charge in [-0.05, 0) is 35.3 Å². The lowest BCUT2D eigenvalue weighted by molar-refractivity contribution is 0.112. The van der Waals surface area contributed by atoms with E-state index in [-0.39, 0.29) is 11.1 Å². The van der Waals surface area contributed by atoms with E-state index in [1.807, 2.05) is 0 Å². The quantitative estimate of drug-likeness (QED) is 0.744. The molecule has 0 unspecified atom stereocenters. The molecule has 1 aromatic rings. The highest BCUT2D eigenvalue weighted by Gasteiger charge is 2.08. The fraction of sp³-hybridized carbons (Fsp3) is 0.250. The standard InChI is InChI=1S/C8H8BrNO2/c1-4-6(3-11)8(12)10-5(2)7(4)9/h3H,1-2H3,(H,10,12). The number of nitrogens with one attached hydrogen (secondary N) is 1. The molecule has 1 N–H and O–H groups in total. The van der Waals surface area contributed by atoms with Gasteiger partial charge in [0.15, 0.2) is 6.29 Å². The van der Waals surface area contributed by atoms with Gasteiger partial charge in [0.2, 0.25) is 0 Å². The Morgan fingerprint density at radius 2 is 2.00 bits per heavy atom. The summed E-state index contributed by atoms with van der Waals surface area (Å²) in [6.45, 7) is 3.50. The van der Waals surface area contributed by atoms with Gasteiger partial charge in [0.25, 0.3) is 5.56 Å². The number of aromatic nitrogens is 1. The lowest BCUT2D eigenvalue weighted by Crippen LogP contribution is -2.15. The highest BCUT2D eigenvalue weighted by atomic mass is 79.9. The molecule has 0 radical (unpaired) electrons. The summed E-state index contributed by atoms with van der Waals surface area (Å²) in [5.41, 5.74) is 1.28. The predicted molar refractivity (Wildman–Crippen MR) is 49.6 cm³/mol. The number of hydrogen-bond donors (Lipinski definition) is 1. The molecule has 0 amide bonds. The van der Waals surface area contributed by atoms with Crippen molar-refractivity contribution in [3.63, 3.8) is 0 Å². The number of rotatable bonds is 1. The molecule has 12 heavy (non-hydrogen) atoms. The maximum Gasteiger partial charge on any atom is 0.259 e. The van der Waals surface area contributed by atoms with Crippen molar-refractivity contribution >= 4 is 22.2 Å². The molecule has 0 saturated heterocycles. The van der Waals surface area contributed by atoms with Crippen LogP contribution < -0.4 is 5.56 Å². The molecule has 0 aliphatic carbocycles. The SMILES string of the molecule is Cc1[nH]c(=O)c(C=O)c(C)c1Br. The van der Waals surface area contributed by atoms with E-state index in [1.54, 1.807) is 13.8 Å². The van der Waals surface area contributed by atoms with Crippen LogP contribution in [-0.2, 0) is 0 Å². The monoisotopic (exact) mass is 229 g/mol. The van der Waals surface area contributed by atoms with Crippen LogP contribution in [0.3, 0.4) is 0 Å². The summed E-state index contributed by atoms with van der Waals surface area (Å²) in [6, 6.07) is 0. The zero-order valence-corrected chi connectivity index (χ0v) is 8.36. The van der Waals surface area contributed by atoms with Crippen molar-refractivity contribution in [3.05, 3.63) is 31.6 Å². The van der Waals surface area contributed by atoms with Gasteiger partial charge in [-0.25, -0.2) is 0 Å². The molecule has 1 heterocycles. The minimum Gasteiger partial charge on any atom is -0.325 e. The number of halogens is 1. The topological polar surface area (TPSA) is 49.9 Å². The van der Waals surface area contributed by atoms with Gasteiger partial charge in [-0.15, -0.1) is 0 Å². The van der Waals surface area contributed by atoms with E-state index in [0.29, 0.717) is 11.8 Å². The number of H-pyrrole nitrogens is 1. The molecule has 64 valence electrons. The Morgan fingerprint density at radius 3 is 2.50 bits per heavy atom. The van der Waals surface area contributed by atoms with E-state index < -0.39 is 0 Å². The Hall–Kier alpha value is -0.900. The van der Waals surface area contributed by atoms with Crippen LogP contribution in [0, 0.1) is 13.8 Å². The third-order valence-electron chi connectivity index (χ3n) is 1.73. The molecule has 0 aliphatic heterocycles. The van der Waals surface area contributed by atoms with Gasteiger partial charge in [0.1, 0.15) is 0 Å². The Bertz CT molecular complexity index is 381. The van der Waals surface area contributed by atoms with Crippen molar-refractivity contribution in [2.45, 2.75) is 13.8 Å². The number of carbonyl (C=O) groups is 1. The largest absolute Gasteiger partial charge is 0.325 e. The molecule has 0 aliphatic rings. The number of aryl methyl sites for hydroxylation is 1. The van der Waals surface area contributed by atoms with E-state index in [9.17, 15) is 9.59 Å². The maximum atomic E-state index is 11.1. The average molecular weight is 230 g/mol. The zero-order valence-electron chi connectivity index (χ0n) is 6.77. The summed E-state index contributed by atoms with van der Waals surface area (Å²) in [5.74, 6) is 0. The number of aromatic amines is 1. The van der Waals surface area contributed by atoms with Crippen LogP contribution in [0.15, 0.2) is 9.27 Å². The Balaban J connectivity index is 3.62. The molecule has 1 rings (SSSR count). The summed E-state index contributed by atoms with van der Waals surface area (Å²) < 4.78 is 0.782. The van der Waals surface area contributed by atoms with Gasteiger partial charge in [-0.2, -0.15) is 0 Å². The van der Waals surface area contributed by atoms with Crippen LogP contribution in [0.2, 0.25) is 0 Å². The highest BCUT2D eigenvalue weighted by Crippen LogP contribution is 2.18. The van der Waals surface area contributed by atoms with Crippen molar-refractivity contribution < 1.29 is 4.79 Å². The van der Waals surface area contributed by atoms with Gasteiger partial charge in [-0.1, -0.05) is 0 Å². The fourth-order valence-electron chi connectivity index (χ4n) is 1.00. The second kappa shape index (κ2) is 3.23. The van der Waals surface area contributed by atoms with E-state index in [1.165, 1.54) is 0 Å². The van der Waals surface area contributed by atoms with Crippen molar-refractivity contribution in [3.8, 4) is 0 Å². The molecule has 3 nitrogen and oxygen atoms in total. The van der Waals surface area contributed by atoms with Crippen LogP contribution >= 0.6 is 15.9 Å². The third kappa shape index (κ3) is 1.34. The van der Waals surface area contributed by atoms with E-state index >= 15 is 0 Å². The summed E-state index contributed by atoms with van der Waals surface area (Å²) >= 11 is 3.28. The highest BCUT2D eigenvalue weighted by molar-refractivity contribution is 9.10. The summed E-state index contributed by atoms with van der Waals surface area (Å²) in [6.07, 6.45) is 0.568. The van der Waals surface area contributed by atoms with Crippen molar-refractivity contribution in [2.24, 2.45) is 0 Å². The Kier molecular flexibility index (Phi) is 2.47. The van der Waals surface area contributed by atoms with Crippen LogP contribution in [0.25, 0.3) is 0 Å². The summed E-state index contributed by atoms with van der Waals surface area (Å²) in [5, 5.41) is 0. The summed E-state index contributed by atoms with van der Waals surface area (Å²) in [4.78, 5) is 24.2. The fourth-order valence-corrected chi connectivity index (χ4v) is 1.32. The predicted octanol–water partition coefficient (Wildman–Crippen LogP) is 1.57. The van der Waals surface area contributed by atoms with Gasteiger partial charge < -0.3 is 4.98 Å². The molecule has 0 saturated carbocycles. The first-order valence-electron chi connectivity index (χ1n) is 3.42. The molecular formula is C8H8BrNO2. The molecular weight excluding hydrogens is 222 g/mol. The number of aldehydes is 1. The normalized spacial score (nSPS) is 9.92. The second-order valence-corrected chi connectivity index (χ2v) is 3.34. The van der Waals surface area contributed by atoms with Crippen LogP contribution in [0.5, 0.6) is 0 Å². The van der Waals surface area contributed by atoms with Gasteiger partial charge >= 0.3 is 0 Å². The Morgan fingerprint density at radius 1 is 1.42 bits per heavy atom. The van der Waals surface area contributed by atoms with E-state index in [0.717, 1.165) is 10.2 Å². The van der Waals surface area contributed by atoms with Gasteiger partial charge in [0, 0.05) is 10.2 Å². The van der Waals surface area contributed by atoms with Crippen molar-refractivity contribution in [1.82, 2.24) is 4.98 Å². The average Bonchev–Trinajstić information content (AvgIpc) is 2.01. The number of hydrogen-bond acceptors (Lipinski definition) is 2. The second-order valence-electron chi connectivity index (χ2n) is 2.55. The summed E-state index contributed by atoms with van der Waals surface area (Å²) in [7, 11) is 0. The Labute approximate surface area is 77.9 Å². The third-order valence-corrected chi connectivity index (χ3v) is 2.92. The van der Waals surface area contributed by atoms with E-state index in [4.69, 9.17) is 0 Å². The molecule has 0 bridgehead atoms. The smallest absolute Gasteiger partial charge is 0.259 e. The molecule has 0 aromatic carbocycles. The first-order valence-corrected chi connectivity index (χ1v) is 4.21. The lowest BCUT2D eigenvalue weighted by Gasteiger charge is -2.03. The molecule has 0 spiro atoms. The zero-order chi connectivity index (χ0) is 9.30. The van der Waals surface area contributed by atoms with Crippen LogP contribution in [0.1, 0.15) is 21.6 Å². The lowest BCUT2D eigenvalue weighted by atomic mass is 10.1. The van der Waals surface area contributed by atoms with Crippen molar-refractivity contribution in [1.29, 1.82) is 0 Å². The first kappa shape index (κ1) is 9.19. The first-order chi connectivity index (χ1) is 5.57. The van der Waals surface area contributed by atoms with Gasteiger partial charge in [-0.3, -0.25) is 9.59 Å². The minimum absolute atomic E-state index is 0.187. The minimum atomic E-state index is -0.330.